The summed E-state index contributed by atoms with van der Waals surface area (Å²) in [7, 11) is 0. The van der Waals surface area contributed by atoms with Gasteiger partial charge in [0.25, 0.3) is 0 Å². The monoisotopic (exact) mass is 277 g/mol. The van der Waals surface area contributed by atoms with Gasteiger partial charge < -0.3 is 10.2 Å². The van der Waals surface area contributed by atoms with Crippen LogP contribution in [0, 0.1) is 5.92 Å². The number of likely N-dealkylation sites (tertiary alicyclic amines) is 1. The lowest BCUT2D eigenvalue weighted by Gasteiger charge is -2.17. The summed E-state index contributed by atoms with van der Waals surface area (Å²) in [4.78, 5) is 13.3. The molecule has 0 aliphatic carbocycles. The van der Waals surface area contributed by atoms with Crippen molar-refractivity contribution < 1.29 is 15.0 Å². The summed E-state index contributed by atoms with van der Waals surface area (Å²) in [5, 5.41) is 18.6. The molecule has 4 nitrogen and oxygen atoms in total. The van der Waals surface area contributed by atoms with Crippen LogP contribution in [0.15, 0.2) is 24.3 Å². The van der Waals surface area contributed by atoms with E-state index in [0.29, 0.717) is 5.92 Å². The molecule has 1 aliphatic heterocycles. The van der Waals surface area contributed by atoms with Crippen LogP contribution in [0.3, 0.4) is 0 Å². The Balaban J connectivity index is 1.93. The van der Waals surface area contributed by atoms with Gasteiger partial charge in [-0.3, -0.25) is 9.69 Å². The van der Waals surface area contributed by atoms with E-state index in [4.69, 9.17) is 5.11 Å². The van der Waals surface area contributed by atoms with Crippen LogP contribution in [0.4, 0.5) is 0 Å². The Morgan fingerprint density at radius 1 is 1.35 bits per heavy atom. The Morgan fingerprint density at radius 3 is 2.50 bits per heavy atom. The number of aliphatic carboxylic acids is 1. The van der Waals surface area contributed by atoms with Crippen LogP contribution >= 0.6 is 0 Å². The Hall–Kier alpha value is -1.39. The van der Waals surface area contributed by atoms with Crippen LogP contribution in [-0.2, 0) is 11.3 Å². The van der Waals surface area contributed by atoms with Gasteiger partial charge in [-0.15, -0.1) is 0 Å². The number of hydrogen-bond acceptors (Lipinski definition) is 3. The summed E-state index contributed by atoms with van der Waals surface area (Å²) >= 11 is 0. The number of rotatable bonds is 5. The van der Waals surface area contributed by atoms with Gasteiger partial charge in [-0.05, 0) is 43.9 Å². The van der Waals surface area contributed by atoms with Crippen molar-refractivity contribution in [2.24, 2.45) is 5.92 Å². The van der Waals surface area contributed by atoms with E-state index in [0.717, 1.165) is 31.6 Å². The average Bonchev–Trinajstić information content (AvgIpc) is 2.87. The topological polar surface area (TPSA) is 60.8 Å². The summed E-state index contributed by atoms with van der Waals surface area (Å²) in [6.45, 7) is 6.38. The van der Waals surface area contributed by atoms with Crippen molar-refractivity contribution in [3.63, 3.8) is 0 Å². The van der Waals surface area contributed by atoms with Gasteiger partial charge in [0.1, 0.15) is 0 Å². The molecule has 3 atom stereocenters. The molecule has 20 heavy (non-hydrogen) atoms. The SMILES string of the molecule is CC(C(=O)O)c1ccc(CN2CCC(C(C)O)C2)cc1. The molecule has 3 unspecified atom stereocenters. The molecule has 2 rings (SSSR count). The van der Waals surface area contributed by atoms with Crippen molar-refractivity contribution in [1.29, 1.82) is 0 Å². The molecule has 1 saturated heterocycles. The third kappa shape index (κ3) is 3.58. The number of carboxylic acids is 1. The lowest BCUT2D eigenvalue weighted by atomic mass is 10.00. The van der Waals surface area contributed by atoms with Crippen LogP contribution in [0.25, 0.3) is 0 Å². The van der Waals surface area contributed by atoms with Crippen molar-refractivity contribution in [3.05, 3.63) is 35.4 Å². The Labute approximate surface area is 120 Å². The molecule has 2 N–H and O–H groups in total. The molecule has 1 fully saturated rings. The largest absolute Gasteiger partial charge is 0.481 e. The van der Waals surface area contributed by atoms with Gasteiger partial charge in [0.15, 0.2) is 0 Å². The quantitative estimate of drug-likeness (QED) is 0.865. The minimum Gasteiger partial charge on any atom is -0.481 e. The first-order valence-corrected chi connectivity index (χ1v) is 7.19. The van der Waals surface area contributed by atoms with Crippen molar-refractivity contribution >= 4 is 5.97 Å². The molecule has 0 aromatic heterocycles. The standard InChI is InChI=1S/C16H23NO3/c1-11(16(19)20)14-5-3-13(4-6-14)9-17-8-7-15(10-17)12(2)18/h3-6,11-12,15,18H,7-10H2,1-2H3,(H,19,20). The Kier molecular flexibility index (Phi) is 4.78. The molecule has 1 heterocycles. The number of aliphatic hydroxyl groups is 1. The van der Waals surface area contributed by atoms with E-state index < -0.39 is 11.9 Å². The number of hydrogen-bond donors (Lipinski definition) is 2. The Bertz CT molecular complexity index is 455. The fourth-order valence-electron chi connectivity index (χ4n) is 2.71. The van der Waals surface area contributed by atoms with E-state index in [1.807, 2.05) is 31.2 Å². The van der Waals surface area contributed by atoms with Gasteiger partial charge >= 0.3 is 5.97 Å². The predicted octanol–water partition coefficient (Wildman–Crippen LogP) is 2.08. The van der Waals surface area contributed by atoms with Crippen molar-refractivity contribution in [2.45, 2.75) is 38.8 Å². The van der Waals surface area contributed by atoms with Crippen LogP contribution < -0.4 is 0 Å². The third-order valence-corrected chi connectivity index (χ3v) is 4.25. The van der Waals surface area contributed by atoms with E-state index in [1.165, 1.54) is 5.56 Å². The van der Waals surface area contributed by atoms with Gasteiger partial charge in [-0.2, -0.15) is 0 Å². The first-order valence-electron chi connectivity index (χ1n) is 7.19. The van der Waals surface area contributed by atoms with E-state index in [2.05, 4.69) is 4.90 Å². The fraction of sp³-hybridized carbons (Fsp3) is 0.562. The predicted molar refractivity (Wildman–Crippen MR) is 77.6 cm³/mol. The molecule has 110 valence electrons. The number of benzene rings is 1. The third-order valence-electron chi connectivity index (χ3n) is 4.25. The minimum atomic E-state index is -0.794. The maximum atomic E-state index is 10.9. The van der Waals surface area contributed by atoms with Gasteiger partial charge in [-0.1, -0.05) is 24.3 Å². The van der Waals surface area contributed by atoms with E-state index in [1.54, 1.807) is 6.92 Å². The second-order valence-corrected chi connectivity index (χ2v) is 5.83. The molecule has 0 spiro atoms. The first-order chi connectivity index (χ1) is 9.47. The zero-order chi connectivity index (χ0) is 14.7. The van der Waals surface area contributed by atoms with Crippen LogP contribution in [0.1, 0.15) is 37.3 Å². The summed E-state index contributed by atoms with van der Waals surface area (Å²) in [5.74, 6) is -0.881. The molecule has 1 aromatic rings. The van der Waals surface area contributed by atoms with Crippen molar-refractivity contribution in [2.75, 3.05) is 13.1 Å². The van der Waals surface area contributed by atoms with Crippen LogP contribution in [-0.4, -0.2) is 40.3 Å². The normalized spacial score (nSPS) is 22.6. The van der Waals surface area contributed by atoms with E-state index in [-0.39, 0.29) is 6.10 Å². The van der Waals surface area contributed by atoms with E-state index >= 15 is 0 Å². The maximum Gasteiger partial charge on any atom is 0.310 e. The second kappa shape index (κ2) is 6.37. The number of aliphatic hydroxyl groups excluding tert-OH is 1. The molecule has 0 bridgehead atoms. The van der Waals surface area contributed by atoms with Crippen LogP contribution in [0.5, 0.6) is 0 Å². The number of carbonyl (C=O) groups is 1. The molecule has 4 heteroatoms. The Morgan fingerprint density at radius 2 is 2.00 bits per heavy atom. The number of nitrogens with zero attached hydrogens (tertiary/aromatic N) is 1. The maximum absolute atomic E-state index is 10.9. The summed E-state index contributed by atoms with van der Waals surface area (Å²) in [6.07, 6.45) is 0.810. The highest BCUT2D eigenvalue weighted by molar-refractivity contribution is 5.75. The van der Waals surface area contributed by atoms with Crippen molar-refractivity contribution in [3.8, 4) is 0 Å². The lowest BCUT2D eigenvalue weighted by molar-refractivity contribution is -0.138. The smallest absolute Gasteiger partial charge is 0.310 e. The summed E-state index contributed by atoms with van der Waals surface area (Å²) in [6, 6.07) is 7.81. The van der Waals surface area contributed by atoms with Crippen molar-refractivity contribution in [1.82, 2.24) is 4.90 Å². The van der Waals surface area contributed by atoms with E-state index in [9.17, 15) is 9.90 Å². The average molecular weight is 277 g/mol. The second-order valence-electron chi connectivity index (χ2n) is 5.83. The van der Waals surface area contributed by atoms with Gasteiger partial charge in [0.05, 0.1) is 12.0 Å². The summed E-state index contributed by atoms with van der Waals surface area (Å²) < 4.78 is 0. The molecule has 0 saturated carbocycles. The zero-order valence-electron chi connectivity index (χ0n) is 12.1. The molecular weight excluding hydrogens is 254 g/mol. The molecule has 1 aliphatic rings. The molecule has 0 amide bonds. The first kappa shape index (κ1) is 15.0. The van der Waals surface area contributed by atoms with Crippen LogP contribution in [0.2, 0.25) is 0 Å². The highest BCUT2D eigenvalue weighted by Crippen LogP contribution is 2.22. The highest BCUT2D eigenvalue weighted by Gasteiger charge is 2.25. The number of carboxylic acid groups (broad SMARTS) is 1. The minimum absolute atomic E-state index is 0.237. The van der Waals surface area contributed by atoms with Gasteiger partial charge in [0.2, 0.25) is 0 Å². The van der Waals surface area contributed by atoms with Gasteiger partial charge in [0, 0.05) is 13.1 Å². The summed E-state index contributed by atoms with van der Waals surface area (Å²) in [5.41, 5.74) is 2.03. The molecule has 0 radical (unpaired) electrons. The molecule has 1 aromatic carbocycles. The fourth-order valence-corrected chi connectivity index (χ4v) is 2.71. The lowest BCUT2D eigenvalue weighted by Crippen LogP contribution is -2.23. The van der Waals surface area contributed by atoms with Gasteiger partial charge in [-0.25, -0.2) is 0 Å². The zero-order valence-corrected chi connectivity index (χ0v) is 12.1. The highest BCUT2D eigenvalue weighted by atomic mass is 16.4. The molecular formula is C16H23NO3.